The Kier molecular flexibility index (Phi) is 7.37. The number of ether oxygens (including phenoxy) is 1. The van der Waals surface area contributed by atoms with Gasteiger partial charge in [0.05, 0.1) is 40.3 Å². The van der Waals surface area contributed by atoms with E-state index in [2.05, 4.69) is 4.98 Å². The number of rotatable bonds is 7. The number of imidazole rings is 1. The number of carbonyl (C=O) groups is 1. The molecule has 3 aromatic carbocycles. The van der Waals surface area contributed by atoms with Gasteiger partial charge in [-0.15, -0.1) is 0 Å². The number of benzene rings is 3. The molecule has 0 spiro atoms. The number of alkyl halides is 3. The first-order valence-corrected chi connectivity index (χ1v) is 11.9. The van der Waals surface area contributed by atoms with Gasteiger partial charge in [-0.25, -0.2) is 14.2 Å². The van der Waals surface area contributed by atoms with E-state index in [1.165, 1.54) is 36.0 Å². The lowest BCUT2D eigenvalue weighted by Gasteiger charge is -2.12. The molecule has 10 heteroatoms. The molecular weight excluding hydrogens is 504 g/mol. The molecule has 0 aliphatic carbocycles. The zero-order valence-corrected chi connectivity index (χ0v) is 20.0. The molecule has 182 valence electrons. The van der Waals surface area contributed by atoms with Crippen LogP contribution in [0.2, 0.25) is 5.02 Å². The van der Waals surface area contributed by atoms with E-state index in [9.17, 15) is 22.4 Å². The third kappa shape index (κ3) is 5.79. The first-order chi connectivity index (χ1) is 16.7. The Morgan fingerprint density at radius 1 is 1.09 bits per heavy atom. The van der Waals surface area contributed by atoms with Crippen molar-refractivity contribution in [1.82, 2.24) is 9.55 Å². The molecule has 0 amide bonds. The van der Waals surface area contributed by atoms with E-state index in [4.69, 9.17) is 16.3 Å². The minimum atomic E-state index is -4.56. The van der Waals surface area contributed by atoms with Gasteiger partial charge in [0.25, 0.3) is 0 Å². The Morgan fingerprint density at radius 2 is 1.89 bits per heavy atom. The highest BCUT2D eigenvalue weighted by atomic mass is 35.5. The van der Waals surface area contributed by atoms with Crippen LogP contribution in [0.15, 0.2) is 65.8 Å². The lowest BCUT2D eigenvalue weighted by molar-refractivity contribution is -0.137. The van der Waals surface area contributed by atoms with Crippen molar-refractivity contribution in [2.75, 3.05) is 6.61 Å². The van der Waals surface area contributed by atoms with Gasteiger partial charge >= 0.3 is 12.1 Å². The summed E-state index contributed by atoms with van der Waals surface area (Å²) in [7, 11) is 0. The number of esters is 1. The SMILES string of the molecule is CCOC(=O)c1ccc2c(c1)nc(SCc1ccc(Cl)c(C(F)(F)F)c1)n2Cc1cccc(F)c1. The highest BCUT2D eigenvalue weighted by Crippen LogP contribution is 2.36. The zero-order chi connectivity index (χ0) is 25.2. The number of hydrogen-bond donors (Lipinski definition) is 0. The van der Waals surface area contributed by atoms with Crippen molar-refractivity contribution in [1.29, 1.82) is 0 Å². The number of nitrogens with zero attached hydrogens (tertiary/aromatic N) is 2. The van der Waals surface area contributed by atoms with Crippen LogP contribution in [-0.4, -0.2) is 22.1 Å². The van der Waals surface area contributed by atoms with Gasteiger partial charge in [-0.1, -0.05) is 41.6 Å². The number of carbonyl (C=O) groups excluding carboxylic acids is 1. The van der Waals surface area contributed by atoms with Crippen LogP contribution in [0.1, 0.15) is 34.0 Å². The summed E-state index contributed by atoms with van der Waals surface area (Å²) in [6.45, 7) is 2.22. The molecule has 0 bridgehead atoms. The molecule has 1 aromatic heterocycles. The average molecular weight is 523 g/mol. The van der Waals surface area contributed by atoms with E-state index in [-0.39, 0.29) is 29.7 Å². The summed E-state index contributed by atoms with van der Waals surface area (Å²) in [4.78, 5) is 16.8. The molecule has 0 N–H and O–H groups in total. The quantitative estimate of drug-likeness (QED) is 0.144. The lowest BCUT2D eigenvalue weighted by Crippen LogP contribution is -2.06. The summed E-state index contributed by atoms with van der Waals surface area (Å²) >= 11 is 6.96. The Bertz CT molecular complexity index is 1390. The molecule has 4 nitrogen and oxygen atoms in total. The Labute approximate surface area is 207 Å². The van der Waals surface area contributed by atoms with Crippen LogP contribution in [0.3, 0.4) is 0 Å². The van der Waals surface area contributed by atoms with Gasteiger partial charge in [-0.2, -0.15) is 13.2 Å². The van der Waals surface area contributed by atoms with Gasteiger partial charge in [0, 0.05) is 5.75 Å². The molecular formula is C25H19ClF4N2O2S. The maximum absolute atomic E-state index is 13.8. The smallest absolute Gasteiger partial charge is 0.417 e. The van der Waals surface area contributed by atoms with Crippen LogP contribution in [0.5, 0.6) is 0 Å². The van der Waals surface area contributed by atoms with Gasteiger partial charge in [0.15, 0.2) is 5.16 Å². The number of thioether (sulfide) groups is 1. The minimum absolute atomic E-state index is 0.192. The summed E-state index contributed by atoms with van der Waals surface area (Å²) in [6, 6.07) is 14.8. The number of aromatic nitrogens is 2. The molecule has 35 heavy (non-hydrogen) atoms. The van der Waals surface area contributed by atoms with Gasteiger partial charge in [0.2, 0.25) is 0 Å². The van der Waals surface area contributed by atoms with Crippen molar-refractivity contribution in [2.24, 2.45) is 0 Å². The third-order valence-corrected chi connectivity index (χ3v) is 6.54. The fourth-order valence-corrected chi connectivity index (χ4v) is 4.74. The summed E-state index contributed by atoms with van der Waals surface area (Å²) < 4.78 is 60.4. The number of hydrogen-bond acceptors (Lipinski definition) is 4. The second-order valence-corrected chi connectivity index (χ2v) is 8.98. The summed E-state index contributed by atoms with van der Waals surface area (Å²) in [5, 5.41) is 0.143. The summed E-state index contributed by atoms with van der Waals surface area (Å²) in [5.74, 6) is -0.673. The lowest BCUT2D eigenvalue weighted by atomic mass is 10.1. The van der Waals surface area contributed by atoms with Gasteiger partial charge in [-0.3, -0.25) is 0 Å². The van der Waals surface area contributed by atoms with E-state index < -0.39 is 17.7 Å². The van der Waals surface area contributed by atoms with Crippen LogP contribution < -0.4 is 0 Å². The van der Waals surface area contributed by atoms with E-state index in [1.54, 1.807) is 37.3 Å². The summed E-state index contributed by atoms with van der Waals surface area (Å²) in [5.41, 5.74) is 1.75. The minimum Gasteiger partial charge on any atom is -0.462 e. The first-order valence-electron chi connectivity index (χ1n) is 10.6. The van der Waals surface area contributed by atoms with E-state index in [1.807, 2.05) is 4.57 Å². The first kappa shape index (κ1) is 25.1. The Hall–Kier alpha value is -3.04. The van der Waals surface area contributed by atoms with Crippen molar-refractivity contribution in [3.8, 4) is 0 Å². The van der Waals surface area contributed by atoms with Crippen LogP contribution in [0, 0.1) is 5.82 Å². The predicted molar refractivity (Wildman–Crippen MR) is 127 cm³/mol. The molecule has 4 aromatic rings. The standard InChI is InChI=1S/C25H19ClF4N2O2S/c1-2-34-23(33)17-7-9-22-21(12-17)31-24(32(22)13-15-4-3-5-18(27)10-15)35-14-16-6-8-20(26)19(11-16)25(28,29)30/h3-12H,2,13-14H2,1H3. The number of fused-ring (bicyclic) bond motifs is 1. The second kappa shape index (κ2) is 10.3. The molecule has 1 heterocycles. The maximum atomic E-state index is 13.8. The molecule has 0 fully saturated rings. The average Bonchev–Trinajstić information content (AvgIpc) is 3.14. The topological polar surface area (TPSA) is 44.1 Å². The van der Waals surface area contributed by atoms with Crippen LogP contribution in [0.4, 0.5) is 17.6 Å². The Morgan fingerprint density at radius 3 is 2.60 bits per heavy atom. The van der Waals surface area contributed by atoms with Crippen LogP contribution in [-0.2, 0) is 23.2 Å². The molecule has 0 aliphatic rings. The molecule has 0 saturated heterocycles. The molecule has 4 rings (SSSR count). The van der Waals surface area contributed by atoms with E-state index >= 15 is 0 Å². The maximum Gasteiger partial charge on any atom is 0.417 e. The highest BCUT2D eigenvalue weighted by Gasteiger charge is 2.33. The monoisotopic (exact) mass is 522 g/mol. The van der Waals surface area contributed by atoms with Crippen molar-refractivity contribution >= 4 is 40.4 Å². The third-order valence-electron chi connectivity index (χ3n) is 5.16. The summed E-state index contributed by atoms with van der Waals surface area (Å²) in [6.07, 6.45) is -4.56. The molecule has 0 atom stereocenters. The van der Waals surface area contributed by atoms with Crippen molar-refractivity contribution < 1.29 is 27.1 Å². The van der Waals surface area contributed by atoms with E-state index in [0.29, 0.717) is 32.9 Å². The van der Waals surface area contributed by atoms with Gasteiger partial charge in [0.1, 0.15) is 5.82 Å². The van der Waals surface area contributed by atoms with Crippen molar-refractivity contribution in [2.45, 2.75) is 30.6 Å². The van der Waals surface area contributed by atoms with Crippen LogP contribution >= 0.6 is 23.4 Å². The van der Waals surface area contributed by atoms with Crippen LogP contribution in [0.25, 0.3) is 11.0 Å². The number of halogens is 5. The molecule has 0 radical (unpaired) electrons. The molecule has 0 saturated carbocycles. The predicted octanol–water partition coefficient (Wildman–Crippen LogP) is 7.36. The second-order valence-electron chi connectivity index (χ2n) is 7.64. The largest absolute Gasteiger partial charge is 0.462 e. The van der Waals surface area contributed by atoms with Gasteiger partial charge < -0.3 is 9.30 Å². The fourth-order valence-electron chi connectivity index (χ4n) is 3.56. The molecule has 0 unspecified atom stereocenters. The van der Waals surface area contributed by atoms with Crippen molar-refractivity contribution in [3.63, 3.8) is 0 Å². The van der Waals surface area contributed by atoms with Crippen molar-refractivity contribution in [3.05, 3.63) is 93.8 Å². The zero-order valence-electron chi connectivity index (χ0n) is 18.4. The van der Waals surface area contributed by atoms with Gasteiger partial charge in [-0.05, 0) is 60.5 Å². The normalized spacial score (nSPS) is 11.7. The molecule has 0 aliphatic heterocycles. The van der Waals surface area contributed by atoms with E-state index in [0.717, 1.165) is 6.07 Å². The fraction of sp³-hybridized carbons (Fsp3) is 0.200. The Balaban J connectivity index is 1.70. The highest BCUT2D eigenvalue weighted by molar-refractivity contribution is 7.98.